The van der Waals surface area contributed by atoms with E-state index in [0.29, 0.717) is 18.7 Å². The zero-order chi connectivity index (χ0) is 19.8. The molecular formula is C23H29FN2O2. The minimum absolute atomic E-state index is 0.163. The Morgan fingerprint density at radius 1 is 1.04 bits per heavy atom. The Labute approximate surface area is 166 Å². The van der Waals surface area contributed by atoms with E-state index < -0.39 is 6.10 Å². The number of nitrogens with zero attached hydrogens (tertiary/aromatic N) is 1. The first-order chi connectivity index (χ1) is 13.6. The molecule has 0 aliphatic carbocycles. The van der Waals surface area contributed by atoms with Gasteiger partial charge in [0.25, 0.3) is 5.91 Å². The second-order valence-electron chi connectivity index (χ2n) is 7.34. The van der Waals surface area contributed by atoms with Crippen molar-refractivity contribution in [3.05, 3.63) is 65.5 Å². The summed E-state index contributed by atoms with van der Waals surface area (Å²) in [7, 11) is 0. The summed E-state index contributed by atoms with van der Waals surface area (Å²) in [5, 5.41) is 2.93. The first-order valence-corrected chi connectivity index (χ1v) is 10.1. The third kappa shape index (κ3) is 6.06. The molecule has 1 N–H and O–H groups in total. The highest BCUT2D eigenvalue weighted by Crippen LogP contribution is 2.15. The largest absolute Gasteiger partial charge is 0.481 e. The molecule has 1 fully saturated rings. The Balaban J connectivity index is 1.47. The topological polar surface area (TPSA) is 41.6 Å². The van der Waals surface area contributed by atoms with Gasteiger partial charge in [-0.2, -0.15) is 0 Å². The molecule has 4 nitrogen and oxygen atoms in total. The number of hydrogen-bond acceptors (Lipinski definition) is 3. The second kappa shape index (κ2) is 10.2. The van der Waals surface area contributed by atoms with Crippen LogP contribution in [-0.2, 0) is 17.9 Å². The van der Waals surface area contributed by atoms with Crippen molar-refractivity contribution in [2.45, 2.75) is 51.8 Å². The van der Waals surface area contributed by atoms with E-state index in [4.69, 9.17) is 4.74 Å². The van der Waals surface area contributed by atoms with E-state index in [-0.39, 0.29) is 11.7 Å². The highest BCUT2D eigenvalue weighted by molar-refractivity contribution is 5.81. The normalized spacial score (nSPS) is 15.8. The average molecular weight is 384 g/mol. The number of halogens is 1. The molecule has 1 aliphatic heterocycles. The van der Waals surface area contributed by atoms with Crippen molar-refractivity contribution in [1.29, 1.82) is 0 Å². The van der Waals surface area contributed by atoms with Crippen LogP contribution in [0.3, 0.4) is 0 Å². The summed E-state index contributed by atoms with van der Waals surface area (Å²) < 4.78 is 18.7. The molecule has 1 unspecified atom stereocenters. The van der Waals surface area contributed by atoms with Crippen molar-refractivity contribution in [2.24, 2.45) is 0 Å². The lowest BCUT2D eigenvalue weighted by Crippen LogP contribution is -2.37. The SMILES string of the molecule is CCC(Oc1ccc(F)cc1)C(=O)NCc1ccc(CN2CCCCC2)cc1. The monoisotopic (exact) mass is 384 g/mol. The number of nitrogens with one attached hydrogen (secondary N) is 1. The highest BCUT2D eigenvalue weighted by Gasteiger charge is 2.18. The number of benzene rings is 2. The Morgan fingerprint density at radius 3 is 2.32 bits per heavy atom. The highest BCUT2D eigenvalue weighted by atomic mass is 19.1. The maximum atomic E-state index is 13.0. The van der Waals surface area contributed by atoms with Crippen LogP contribution in [-0.4, -0.2) is 30.0 Å². The fourth-order valence-electron chi connectivity index (χ4n) is 3.44. The van der Waals surface area contributed by atoms with E-state index in [2.05, 4.69) is 34.5 Å². The van der Waals surface area contributed by atoms with Crippen LogP contribution in [0.4, 0.5) is 4.39 Å². The van der Waals surface area contributed by atoms with Gasteiger partial charge in [0, 0.05) is 13.1 Å². The van der Waals surface area contributed by atoms with Crippen molar-refractivity contribution in [3.8, 4) is 5.75 Å². The summed E-state index contributed by atoms with van der Waals surface area (Å²) in [4.78, 5) is 14.9. The van der Waals surface area contributed by atoms with Crippen LogP contribution >= 0.6 is 0 Å². The lowest BCUT2D eigenvalue weighted by molar-refractivity contribution is -0.128. The summed E-state index contributed by atoms with van der Waals surface area (Å²) in [6.07, 6.45) is 3.88. The first-order valence-electron chi connectivity index (χ1n) is 10.1. The van der Waals surface area contributed by atoms with Gasteiger partial charge in [-0.05, 0) is 67.7 Å². The predicted octanol–water partition coefficient (Wildman–Crippen LogP) is 4.29. The van der Waals surface area contributed by atoms with Crippen LogP contribution in [0.2, 0.25) is 0 Å². The molecule has 1 saturated heterocycles. The number of rotatable bonds is 8. The molecule has 1 aliphatic rings. The van der Waals surface area contributed by atoms with E-state index in [0.717, 1.165) is 12.1 Å². The standard InChI is InChI=1S/C23H29FN2O2/c1-2-22(28-21-12-10-20(24)11-13-21)23(27)25-16-18-6-8-19(9-7-18)17-26-14-4-3-5-15-26/h6-13,22H,2-5,14-17H2,1H3,(H,25,27). The number of hydrogen-bond donors (Lipinski definition) is 1. The Bertz CT molecular complexity index is 740. The van der Waals surface area contributed by atoms with Crippen molar-refractivity contribution in [1.82, 2.24) is 10.2 Å². The minimum atomic E-state index is -0.594. The summed E-state index contributed by atoms with van der Waals surface area (Å²) in [6.45, 7) is 5.72. The van der Waals surface area contributed by atoms with Crippen LogP contribution in [0.1, 0.15) is 43.7 Å². The number of carbonyl (C=O) groups excluding carboxylic acids is 1. The fourth-order valence-corrected chi connectivity index (χ4v) is 3.44. The van der Waals surface area contributed by atoms with Crippen LogP contribution in [0.5, 0.6) is 5.75 Å². The molecule has 1 atom stereocenters. The quantitative estimate of drug-likeness (QED) is 0.738. The molecule has 0 spiro atoms. The third-order valence-corrected chi connectivity index (χ3v) is 5.10. The molecule has 0 bridgehead atoms. The molecule has 2 aromatic rings. The van der Waals surface area contributed by atoms with Gasteiger partial charge in [-0.25, -0.2) is 4.39 Å². The molecule has 1 heterocycles. The van der Waals surface area contributed by atoms with Gasteiger partial charge in [-0.1, -0.05) is 37.6 Å². The van der Waals surface area contributed by atoms with Crippen LogP contribution in [0, 0.1) is 5.82 Å². The van der Waals surface area contributed by atoms with E-state index >= 15 is 0 Å². The third-order valence-electron chi connectivity index (χ3n) is 5.10. The lowest BCUT2D eigenvalue weighted by Gasteiger charge is -2.26. The number of amides is 1. The van der Waals surface area contributed by atoms with Gasteiger partial charge in [0.1, 0.15) is 11.6 Å². The molecule has 0 aromatic heterocycles. The van der Waals surface area contributed by atoms with Crippen LogP contribution in [0.15, 0.2) is 48.5 Å². The lowest BCUT2D eigenvalue weighted by atomic mass is 10.1. The molecule has 5 heteroatoms. The number of likely N-dealkylation sites (tertiary alicyclic amines) is 1. The molecular weight excluding hydrogens is 355 g/mol. The van der Waals surface area contributed by atoms with Gasteiger partial charge in [-0.15, -0.1) is 0 Å². The number of carbonyl (C=O) groups is 1. The summed E-state index contributed by atoms with van der Waals surface area (Å²) >= 11 is 0. The number of ether oxygens (including phenoxy) is 1. The second-order valence-corrected chi connectivity index (χ2v) is 7.34. The fraction of sp³-hybridized carbons (Fsp3) is 0.435. The zero-order valence-corrected chi connectivity index (χ0v) is 16.5. The van der Waals surface area contributed by atoms with Crippen molar-refractivity contribution >= 4 is 5.91 Å². The van der Waals surface area contributed by atoms with Gasteiger partial charge in [0.2, 0.25) is 0 Å². The van der Waals surface area contributed by atoms with Gasteiger partial charge in [0.15, 0.2) is 6.10 Å². The van der Waals surface area contributed by atoms with E-state index in [1.807, 2.05) is 6.92 Å². The Kier molecular flexibility index (Phi) is 7.43. The Morgan fingerprint density at radius 2 is 1.68 bits per heavy atom. The maximum Gasteiger partial charge on any atom is 0.261 e. The van der Waals surface area contributed by atoms with E-state index in [1.54, 1.807) is 0 Å². The molecule has 2 aromatic carbocycles. The first kappa shape index (κ1) is 20.3. The van der Waals surface area contributed by atoms with Crippen molar-refractivity contribution in [2.75, 3.05) is 13.1 Å². The average Bonchev–Trinajstić information content (AvgIpc) is 2.73. The molecule has 0 saturated carbocycles. The van der Waals surface area contributed by atoms with Gasteiger partial charge >= 0.3 is 0 Å². The Hall–Kier alpha value is -2.40. The van der Waals surface area contributed by atoms with Gasteiger partial charge in [0.05, 0.1) is 0 Å². The molecule has 150 valence electrons. The molecule has 3 rings (SSSR count). The van der Waals surface area contributed by atoms with E-state index in [9.17, 15) is 9.18 Å². The molecule has 1 amide bonds. The van der Waals surface area contributed by atoms with Crippen LogP contribution < -0.4 is 10.1 Å². The minimum Gasteiger partial charge on any atom is -0.481 e. The molecule has 0 radical (unpaired) electrons. The van der Waals surface area contributed by atoms with E-state index in [1.165, 1.54) is 62.2 Å². The summed E-state index contributed by atoms with van der Waals surface area (Å²) in [5.74, 6) is 0.00303. The predicted molar refractivity (Wildman–Crippen MR) is 109 cm³/mol. The summed E-state index contributed by atoms with van der Waals surface area (Å²) in [6, 6.07) is 14.1. The van der Waals surface area contributed by atoms with Crippen molar-refractivity contribution < 1.29 is 13.9 Å². The van der Waals surface area contributed by atoms with Gasteiger partial charge in [-0.3, -0.25) is 9.69 Å². The zero-order valence-electron chi connectivity index (χ0n) is 16.5. The number of piperidine rings is 1. The molecule has 28 heavy (non-hydrogen) atoms. The smallest absolute Gasteiger partial charge is 0.261 e. The summed E-state index contributed by atoms with van der Waals surface area (Å²) in [5.41, 5.74) is 2.37. The van der Waals surface area contributed by atoms with Gasteiger partial charge < -0.3 is 10.1 Å². The van der Waals surface area contributed by atoms with Crippen LogP contribution in [0.25, 0.3) is 0 Å². The maximum absolute atomic E-state index is 13.0. The van der Waals surface area contributed by atoms with Crippen molar-refractivity contribution in [3.63, 3.8) is 0 Å².